The predicted octanol–water partition coefficient (Wildman–Crippen LogP) is 5.27. The Bertz CT molecular complexity index is 1180. The number of allylic oxidation sites excluding steroid dienone is 1. The Morgan fingerprint density at radius 2 is 1.82 bits per heavy atom. The SMILES string of the molecule is CC(C)(C)[C@@H]1/C(=C/C2CC2)N2C(=O)C[C@@H](c3ccccc3)N=C2N1Cc1ccc2c(c1)OCO2. The summed E-state index contributed by atoms with van der Waals surface area (Å²) < 4.78 is 11.1. The highest BCUT2D eigenvalue weighted by molar-refractivity contribution is 6.04. The van der Waals surface area contributed by atoms with E-state index in [9.17, 15) is 4.79 Å². The van der Waals surface area contributed by atoms with Crippen molar-refractivity contribution in [2.75, 3.05) is 6.79 Å². The Labute approximate surface area is 200 Å². The van der Waals surface area contributed by atoms with Crippen molar-refractivity contribution in [1.29, 1.82) is 0 Å². The molecule has 0 spiro atoms. The number of carbonyl (C=O) groups excluding carboxylic acids is 1. The van der Waals surface area contributed by atoms with Crippen molar-refractivity contribution in [3.8, 4) is 11.5 Å². The van der Waals surface area contributed by atoms with Crippen molar-refractivity contribution in [1.82, 2.24) is 9.80 Å². The summed E-state index contributed by atoms with van der Waals surface area (Å²) in [6.07, 6.45) is 5.13. The van der Waals surface area contributed by atoms with Crippen LogP contribution in [0.15, 0.2) is 65.3 Å². The van der Waals surface area contributed by atoms with Gasteiger partial charge in [0.1, 0.15) is 0 Å². The van der Waals surface area contributed by atoms with Crippen LogP contribution in [0.2, 0.25) is 0 Å². The number of guanidine groups is 1. The minimum atomic E-state index is -0.167. The number of benzene rings is 2. The average Bonchev–Trinajstić information content (AvgIpc) is 3.40. The van der Waals surface area contributed by atoms with Crippen LogP contribution in [0, 0.1) is 11.3 Å². The summed E-state index contributed by atoms with van der Waals surface area (Å²) in [7, 11) is 0. The molecule has 1 saturated heterocycles. The zero-order chi connectivity index (χ0) is 23.4. The zero-order valence-electron chi connectivity index (χ0n) is 20.0. The third-order valence-electron chi connectivity index (χ3n) is 7.02. The number of fused-ring (bicyclic) bond motifs is 2. The van der Waals surface area contributed by atoms with Gasteiger partial charge in [-0.1, -0.05) is 63.2 Å². The Morgan fingerprint density at radius 3 is 2.56 bits per heavy atom. The van der Waals surface area contributed by atoms with E-state index in [1.165, 1.54) is 12.8 Å². The second-order valence-electron chi connectivity index (χ2n) is 10.8. The molecule has 1 amide bonds. The molecule has 0 aromatic heterocycles. The van der Waals surface area contributed by atoms with E-state index in [-0.39, 0.29) is 30.2 Å². The van der Waals surface area contributed by atoms with Crippen LogP contribution < -0.4 is 9.47 Å². The first-order valence-corrected chi connectivity index (χ1v) is 12.2. The minimum absolute atomic E-state index is 0.0516. The molecule has 6 rings (SSSR count). The maximum atomic E-state index is 13.6. The van der Waals surface area contributed by atoms with Gasteiger partial charge in [0.25, 0.3) is 0 Å². The number of rotatable bonds is 4. The predicted molar refractivity (Wildman–Crippen MR) is 130 cm³/mol. The zero-order valence-corrected chi connectivity index (χ0v) is 20.0. The monoisotopic (exact) mass is 457 g/mol. The summed E-state index contributed by atoms with van der Waals surface area (Å²) >= 11 is 0. The molecular formula is C28H31N3O3. The van der Waals surface area contributed by atoms with Crippen molar-refractivity contribution >= 4 is 11.9 Å². The number of aliphatic imine (C=N–C) groups is 1. The van der Waals surface area contributed by atoms with Gasteiger partial charge in [0.15, 0.2) is 11.5 Å². The molecule has 0 unspecified atom stereocenters. The fraction of sp³-hybridized carbons (Fsp3) is 0.429. The van der Waals surface area contributed by atoms with Gasteiger partial charge < -0.3 is 14.4 Å². The maximum absolute atomic E-state index is 13.6. The second kappa shape index (κ2) is 7.90. The number of carbonyl (C=O) groups is 1. The lowest BCUT2D eigenvalue weighted by molar-refractivity contribution is -0.126. The van der Waals surface area contributed by atoms with E-state index in [0.717, 1.165) is 34.3 Å². The Kier molecular flexibility index (Phi) is 4.94. The largest absolute Gasteiger partial charge is 0.454 e. The molecule has 1 aliphatic carbocycles. The van der Waals surface area contributed by atoms with Crippen molar-refractivity contribution in [3.63, 3.8) is 0 Å². The molecule has 3 heterocycles. The summed E-state index contributed by atoms with van der Waals surface area (Å²) in [5.74, 6) is 3.02. The molecule has 0 radical (unpaired) electrons. The first-order valence-electron chi connectivity index (χ1n) is 12.2. The molecule has 34 heavy (non-hydrogen) atoms. The summed E-state index contributed by atoms with van der Waals surface area (Å²) in [5, 5.41) is 0. The van der Waals surface area contributed by atoms with Crippen LogP contribution in [0.1, 0.15) is 57.2 Å². The molecule has 2 fully saturated rings. The second-order valence-corrected chi connectivity index (χ2v) is 10.8. The van der Waals surface area contributed by atoms with Crippen LogP contribution in [0.25, 0.3) is 0 Å². The van der Waals surface area contributed by atoms with Gasteiger partial charge in [0, 0.05) is 12.2 Å². The van der Waals surface area contributed by atoms with E-state index in [2.05, 4.69) is 56.0 Å². The Hall–Kier alpha value is -3.28. The lowest BCUT2D eigenvalue weighted by atomic mass is 9.83. The van der Waals surface area contributed by atoms with E-state index in [0.29, 0.717) is 18.9 Å². The molecule has 2 aromatic rings. The van der Waals surface area contributed by atoms with Gasteiger partial charge in [0.2, 0.25) is 18.7 Å². The van der Waals surface area contributed by atoms with Crippen LogP contribution in [-0.4, -0.2) is 34.5 Å². The third-order valence-corrected chi connectivity index (χ3v) is 7.02. The summed E-state index contributed by atoms with van der Waals surface area (Å²) in [5.41, 5.74) is 3.21. The van der Waals surface area contributed by atoms with E-state index >= 15 is 0 Å². The molecular weight excluding hydrogens is 426 g/mol. The fourth-order valence-corrected chi connectivity index (χ4v) is 5.32. The first-order chi connectivity index (χ1) is 16.4. The lowest BCUT2D eigenvalue weighted by Crippen LogP contribution is -2.44. The van der Waals surface area contributed by atoms with Crippen molar-refractivity contribution in [3.05, 3.63) is 71.4 Å². The van der Waals surface area contributed by atoms with Crippen LogP contribution in [0.3, 0.4) is 0 Å². The Morgan fingerprint density at radius 1 is 1.06 bits per heavy atom. The summed E-state index contributed by atoms with van der Waals surface area (Å²) in [6, 6.07) is 16.2. The highest BCUT2D eigenvalue weighted by Gasteiger charge is 2.50. The van der Waals surface area contributed by atoms with Gasteiger partial charge in [-0.05, 0) is 47.4 Å². The smallest absolute Gasteiger partial charge is 0.236 e. The van der Waals surface area contributed by atoms with Gasteiger partial charge in [0.05, 0.1) is 18.5 Å². The first kappa shape index (κ1) is 21.3. The molecule has 6 heteroatoms. The topological polar surface area (TPSA) is 54.4 Å². The van der Waals surface area contributed by atoms with Crippen LogP contribution >= 0.6 is 0 Å². The minimum Gasteiger partial charge on any atom is -0.454 e. The summed E-state index contributed by atoms with van der Waals surface area (Å²) in [4.78, 5) is 23.1. The van der Waals surface area contributed by atoms with E-state index in [1.807, 2.05) is 29.2 Å². The number of ether oxygens (including phenoxy) is 2. The molecule has 0 bridgehead atoms. The lowest BCUT2D eigenvalue weighted by Gasteiger charge is -2.35. The molecule has 1 saturated carbocycles. The average molecular weight is 458 g/mol. The van der Waals surface area contributed by atoms with Crippen LogP contribution in [0.5, 0.6) is 11.5 Å². The molecule has 4 aliphatic rings. The number of amides is 1. The maximum Gasteiger partial charge on any atom is 0.236 e. The quantitative estimate of drug-likeness (QED) is 0.628. The third kappa shape index (κ3) is 3.75. The van der Waals surface area contributed by atoms with Gasteiger partial charge in [-0.2, -0.15) is 0 Å². The van der Waals surface area contributed by atoms with Gasteiger partial charge in [-0.15, -0.1) is 0 Å². The van der Waals surface area contributed by atoms with Crippen LogP contribution in [0.4, 0.5) is 0 Å². The molecule has 2 atom stereocenters. The number of nitrogens with zero attached hydrogens (tertiary/aromatic N) is 3. The highest BCUT2D eigenvalue weighted by atomic mass is 16.7. The Balaban J connectivity index is 1.45. The van der Waals surface area contributed by atoms with Crippen LogP contribution in [-0.2, 0) is 11.3 Å². The molecule has 176 valence electrons. The number of hydrogen-bond donors (Lipinski definition) is 0. The van der Waals surface area contributed by atoms with Crippen molar-refractivity contribution in [2.45, 2.75) is 58.7 Å². The molecule has 2 aromatic carbocycles. The highest BCUT2D eigenvalue weighted by Crippen LogP contribution is 2.45. The molecule has 0 N–H and O–H groups in total. The van der Waals surface area contributed by atoms with Gasteiger partial charge in [-0.25, -0.2) is 4.99 Å². The summed E-state index contributed by atoms with van der Waals surface area (Å²) in [6.45, 7) is 7.66. The van der Waals surface area contributed by atoms with E-state index < -0.39 is 0 Å². The van der Waals surface area contributed by atoms with E-state index in [4.69, 9.17) is 14.5 Å². The number of hydrogen-bond acceptors (Lipinski definition) is 5. The van der Waals surface area contributed by atoms with Gasteiger partial charge in [-0.3, -0.25) is 9.69 Å². The molecule has 3 aliphatic heterocycles. The van der Waals surface area contributed by atoms with E-state index in [1.54, 1.807) is 0 Å². The standard InChI is InChI=1S/C28H31N3O3/c1-28(2,3)26-22(13-18-9-10-18)31-25(32)15-21(20-7-5-4-6-8-20)29-27(31)30(26)16-19-11-12-23-24(14-19)34-17-33-23/h4-8,11-14,18,21,26H,9-10,15-17H2,1-3H3/b22-13-/t21-,26-/m0/s1. The fourth-order valence-electron chi connectivity index (χ4n) is 5.32. The van der Waals surface area contributed by atoms with Crippen molar-refractivity contribution < 1.29 is 14.3 Å². The van der Waals surface area contributed by atoms with Crippen molar-refractivity contribution in [2.24, 2.45) is 16.3 Å². The normalized spacial score (nSPS) is 25.1. The van der Waals surface area contributed by atoms with Gasteiger partial charge >= 0.3 is 0 Å². The molecule has 6 nitrogen and oxygen atoms in total.